The van der Waals surface area contributed by atoms with Crippen LogP contribution in [-0.2, 0) is 0 Å². The Balaban J connectivity index is 1.97. The number of hydrogen-bond acceptors (Lipinski definition) is 3. The average Bonchev–Trinajstić information content (AvgIpc) is 2.70. The smallest absolute Gasteiger partial charge is 0.255 e. The molecule has 0 radical (unpaired) electrons. The van der Waals surface area contributed by atoms with E-state index in [1.54, 1.807) is 6.20 Å². The minimum Gasteiger partial charge on any atom is -0.370 e. The maximum atomic E-state index is 12.5. The van der Waals surface area contributed by atoms with Gasteiger partial charge in [-0.3, -0.25) is 4.79 Å². The van der Waals surface area contributed by atoms with Crippen LogP contribution in [0, 0.1) is 5.92 Å². The summed E-state index contributed by atoms with van der Waals surface area (Å²) in [4.78, 5) is 18.7. The molecule has 0 spiro atoms. The summed E-state index contributed by atoms with van der Waals surface area (Å²) < 4.78 is 0. The number of hydrogen-bond donors (Lipinski definition) is 1. The Morgan fingerprint density at radius 3 is 2.95 bits per heavy atom. The lowest BCUT2D eigenvalue weighted by Crippen LogP contribution is -2.32. The Hall–Kier alpha value is -1.58. The van der Waals surface area contributed by atoms with E-state index in [-0.39, 0.29) is 5.91 Å². The number of nitrogens with zero attached hydrogens (tertiary/aromatic N) is 2. The molecule has 1 saturated heterocycles. The molecule has 20 heavy (non-hydrogen) atoms. The number of nitrogens with one attached hydrogen (secondary N) is 1. The molecule has 1 aromatic heterocycles. The zero-order valence-corrected chi connectivity index (χ0v) is 12.6. The van der Waals surface area contributed by atoms with Crippen LogP contribution >= 0.6 is 0 Å². The molecule has 0 bridgehead atoms. The normalized spacial score (nSPS) is 19.5. The maximum absolute atomic E-state index is 12.5. The molecule has 4 nitrogen and oxygen atoms in total. The summed E-state index contributed by atoms with van der Waals surface area (Å²) in [5, 5.41) is 3.22. The average molecular weight is 275 g/mol. The largest absolute Gasteiger partial charge is 0.370 e. The number of aromatic nitrogens is 1. The summed E-state index contributed by atoms with van der Waals surface area (Å²) in [7, 11) is 0. The minimum absolute atomic E-state index is 0.119. The number of amides is 1. The van der Waals surface area contributed by atoms with Gasteiger partial charge >= 0.3 is 0 Å². The van der Waals surface area contributed by atoms with Gasteiger partial charge in [-0.05, 0) is 43.7 Å². The lowest BCUT2D eigenvalue weighted by Gasteiger charge is -2.20. The second kappa shape index (κ2) is 7.27. The van der Waals surface area contributed by atoms with Crippen LogP contribution in [0.4, 0.5) is 5.82 Å². The van der Waals surface area contributed by atoms with Gasteiger partial charge in [-0.25, -0.2) is 4.98 Å². The SMILES string of the molecule is CCCNc1ccc(C(=O)N2CCCC(C)CC2)cn1. The fourth-order valence-electron chi connectivity index (χ4n) is 2.53. The molecule has 1 aliphatic heterocycles. The molecular weight excluding hydrogens is 250 g/mol. The van der Waals surface area contributed by atoms with Crippen molar-refractivity contribution in [2.45, 2.75) is 39.5 Å². The first-order chi connectivity index (χ1) is 9.70. The number of likely N-dealkylation sites (tertiary alicyclic amines) is 1. The summed E-state index contributed by atoms with van der Waals surface area (Å²) >= 11 is 0. The molecule has 0 aliphatic carbocycles. The first kappa shape index (κ1) is 14.8. The monoisotopic (exact) mass is 275 g/mol. The van der Waals surface area contributed by atoms with E-state index in [0.717, 1.165) is 50.6 Å². The molecule has 2 rings (SSSR count). The van der Waals surface area contributed by atoms with E-state index >= 15 is 0 Å². The van der Waals surface area contributed by atoms with Crippen molar-refractivity contribution in [3.8, 4) is 0 Å². The van der Waals surface area contributed by atoms with E-state index in [1.165, 1.54) is 6.42 Å². The second-order valence-electron chi connectivity index (χ2n) is 5.69. The third-order valence-electron chi connectivity index (χ3n) is 3.87. The van der Waals surface area contributed by atoms with Gasteiger partial charge in [0.25, 0.3) is 5.91 Å². The summed E-state index contributed by atoms with van der Waals surface area (Å²) in [6.45, 7) is 7.04. The molecule has 1 amide bonds. The van der Waals surface area contributed by atoms with Crippen LogP contribution in [0.2, 0.25) is 0 Å². The minimum atomic E-state index is 0.119. The van der Waals surface area contributed by atoms with Crippen LogP contribution in [0.15, 0.2) is 18.3 Å². The third kappa shape index (κ3) is 3.95. The molecule has 1 atom stereocenters. The lowest BCUT2D eigenvalue weighted by molar-refractivity contribution is 0.0760. The van der Waals surface area contributed by atoms with Crippen LogP contribution in [-0.4, -0.2) is 35.4 Å². The van der Waals surface area contributed by atoms with Gasteiger partial charge in [-0.15, -0.1) is 0 Å². The van der Waals surface area contributed by atoms with Crippen molar-refractivity contribution < 1.29 is 4.79 Å². The van der Waals surface area contributed by atoms with Crippen molar-refractivity contribution in [2.75, 3.05) is 25.0 Å². The van der Waals surface area contributed by atoms with Crippen LogP contribution in [0.1, 0.15) is 49.9 Å². The summed E-state index contributed by atoms with van der Waals surface area (Å²) in [5.41, 5.74) is 0.696. The highest BCUT2D eigenvalue weighted by molar-refractivity contribution is 5.94. The van der Waals surface area contributed by atoms with E-state index in [4.69, 9.17) is 0 Å². The Kier molecular flexibility index (Phi) is 5.39. The van der Waals surface area contributed by atoms with Gasteiger partial charge in [0.05, 0.1) is 5.56 Å². The number of carbonyl (C=O) groups is 1. The van der Waals surface area contributed by atoms with E-state index in [0.29, 0.717) is 5.56 Å². The highest BCUT2D eigenvalue weighted by Gasteiger charge is 2.19. The number of anilines is 1. The summed E-state index contributed by atoms with van der Waals surface area (Å²) in [6, 6.07) is 3.77. The summed E-state index contributed by atoms with van der Waals surface area (Å²) in [5.74, 6) is 1.69. The molecule has 0 saturated carbocycles. The zero-order chi connectivity index (χ0) is 14.4. The van der Waals surface area contributed by atoms with Crippen molar-refractivity contribution in [1.82, 2.24) is 9.88 Å². The Bertz CT molecular complexity index is 430. The van der Waals surface area contributed by atoms with Crippen LogP contribution < -0.4 is 5.32 Å². The van der Waals surface area contributed by atoms with Gasteiger partial charge in [0, 0.05) is 25.8 Å². The lowest BCUT2D eigenvalue weighted by atomic mass is 10.0. The first-order valence-corrected chi connectivity index (χ1v) is 7.70. The quantitative estimate of drug-likeness (QED) is 0.918. The zero-order valence-electron chi connectivity index (χ0n) is 12.6. The van der Waals surface area contributed by atoms with E-state index in [2.05, 4.69) is 24.1 Å². The van der Waals surface area contributed by atoms with E-state index in [9.17, 15) is 4.79 Å². The van der Waals surface area contributed by atoms with Gasteiger partial charge in [0.15, 0.2) is 0 Å². The topological polar surface area (TPSA) is 45.2 Å². The van der Waals surface area contributed by atoms with E-state index < -0.39 is 0 Å². The molecule has 1 fully saturated rings. The molecule has 4 heteroatoms. The number of carbonyl (C=O) groups excluding carboxylic acids is 1. The Labute approximate surface area is 121 Å². The fraction of sp³-hybridized carbons (Fsp3) is 0.625. The molecule has 1 aromatic rings. The van der Waals surface area contributed by atoms with Gasteiger partial charge in [0.1, 0.15) is 5.82 Å². The third-order valence-corrected chi connectivity index (χ3v) is 3.87. The molecule has 110 valence electrons. The molecule has 1 N–H and O–H groups in total. The van der Waals surface area contributed by atoms with Crippen LogP contribution in [0.3, 0.4) is 0 Å². The number of rotatable bonds is 4. The van der Waals surface area contributed by atoms with Crippen molar-refractivity contribution in [3.05, 3.63) is 23.9 Å². The van der Waals surface area contributed by atoms with Crippen LogP contribution in [0.25, 0.3) is 0 Å². The molecule has 0 aromatic carbocycles. The molecule has 1 aliphatic rings. The molecule has 2 heterocycles. The van der Waals surface area contributed by atoms with Gasteiger partial charge < -0.3 is 10.2 Å². The fourth-order valence-corrected chi connectivity index (χ4v) is 2.53. The number of pyridine rings is 1. The van der Waals surface area contributed by atoms with E-state index in [1.807, 2.05) is 17.0 Å². The van der Waals surface area contributed by atoms with Crippen LogP contribution in [0.5, 0.6) is 0 Å². The highest BCUT2D eigenvalue weighted by Crippen LogP contribution is 2.18. The summed E-state index contributed by atoms with van der Waals surface area (Å²) in [6.07, 6.45) is 6.19. The maximum Gasteiger partial charge on any atom is 0.255 e. The Morgan fingerprint density at radius 2 is 2.25 bits per heavy atom. The Morgan fingerprint density at radius 1 is 1.40 bits per heavy atom. The van der Waals surface area contributed by atoms with Crippen molar-refractivity contribution in [2.24, 2.45) is 5.92 Å². The second-order valence-corrected chi connectivity index (χ2v) is 5.69. The van der Waals surface area contributed by atoms with Crippen molar-refractivity contribution >= 4 is 11.7 Å². The van der Waals surface area contributed by atoms with Crippen molar-refractivity contribution in [3.63, 3.8) is 0 Å². The van der Waals surface area contributed by atoms with Crippen molar-refractivity contribution in [1.29, 1.82) is 0 Å². The van der Waals surface area contributed by atoms with Gasteiger partial charge in [-0.2, -0.15) is 0 Å². The molecule has 1 unspecified atom stereocenters. The predicted octanol–water partition coefficient (Wildman–Crippen LogP) is 3.17. The standard InChI is InChI=1S/C16H25N3O/c1-3-9-17-15-7-6-14(12-18-15)16(20)19-10-4-5-13(2)8-11-19/h6-7,12-13H,3-5,8-11H2,1-2H3,(H,17,18). The first-order valence-electron chi connectivity index (χ1n) is 7.70. The highest BCUT2D eigenvalue weighted by atomic mass is 16.2. The van der Waals surface area contributed by atoms with Gasteiger partial charge in [-0.1, -0.05) is 13.8 Å². The molecular formula is C16H25N3O. The predicted molar refractivity (Wildman–Crippen MR) is 81.9 cm³/mol. The van der Waals surface area contributed by atoms with Gasteiger partial charge in [0.2, 0.25) is 0 Å².